The Morgan fingerprint density at radius 2 is 0.882 bits per heavy atom. The fraction of sp³-hybridized carbons (Fsp3) is 0.804. The monoisotopic (exact) mass is 786 g/mol. The number of nitrogens with two attached hydrogens (primary N) is 1. The summed E-state index contributed by atoms with van der Waals surface area (Å²) in [7, 11) is 5.19. The van der Waals surface area contributed by atoms with E-state index >= 15 is 0 Å². The molecule has 2 N–H and O–H groups in total. The van der Waals surface area contributed by atoms with E-state index in [1.165, 1.54) is 147 Å². The van der Waals surface area contributed by atoms with Crippen molar-refractivity contribution in [1.29, 1.82) is 0 Å². The Hall–Kier alpha value is 1.38. The van der Waals surface area contributed by atoms with Gasteiger partial charge in [0.2, 0.25) is 0 Å². The van der Waals surface area contributed by atoms with Crippen molar-refractivity contribution in [1.82, 2.24) is 0 Å². The van der Waals surface area contributed by atoms with Gasteiger partial charge in [0, 0.05) is 6.61 Å². The van der Waals surface area contributed by atoms with Crippen LogP contribution < -0.4 is 57.1 Å². The SMILES string of the molecule is C=C.C=C.C=C(CCC)C(P)OCCCCCCCCCCCCCCC.C=CC.CC.CCC.CCCCCCCCCC[C-](C)N.CP.[K+]. The zero-order valence-corrected chi connectivity index (χ0v) is 43.4. The van der Waals surface area contributed by atoms with Gasteiger partial charge in [-0.1, -0.05) is 209 Å². The molecule has 51 heavy (non-hydrogen) atoms. The van der Waals surface area contributed by atoms with Gasteiger partial charge >= 0.3 is 51.4 Å². The molecule has 0 bridgehead atoms. The van der Waals surface area contributed by atoms with Gasteiger partial charge in [0.15, 0.2) is 0 Å². The summed E-state index contributed by atoms with van der Waals surface area (Å²) in [6.45, 7) is 41.1. The Kier molecular flexibility index (Phi) is 128. The van der Waals surface area contributed by atoms with E-state index in [2.05, 4.69) is 92.6 Å². The Morgan fingerprint density at radius 1 is 0.627 bits per heavy atom. The van der Waals surface area contributed by atoms with Crippen LogP contribution >= 0.6 is 18.5 Å². The maximum absolute atomic E-state index is 5.82. The van der Waals surface area contributed by atoms with Crippen LogP contribution in [0.25, 0.3) is 0 Å². The predicted molar refractivity (Wildman–Crippen MR) is 251 cm³/mol. The largest absolute Gasteiger partial charge is 1.00 e. The topological polar surface area (TPSA) is 35.2 Å². The summed E-state index contributed by atoms with van der Waals surface area (Å²) < 4.78 is 5.82. The molecule has 0 radical (unpaired) electrons. The fourth-order valence-electron chi connectivity index (χ4n) is 4.45. The fourth-order valence-corrected chi connectivity index (χ4v) is 4.75. The van der Waals surface area contributed by atoms with Crippen molar-refractivity contribution >= 4 is 18.5 Å². The number of hydrogen-bond acceptors (Lipinski definition) is 2. The molecule has 0 aliphatic rings. The van der Waals surface area contributed by atoms with Gasteiger partial charge in [-0.2, -0.15) is 13.3 Å². The second-order valence-corrected chi connectivity index (χ2v) is 12.7. The Balaban J connectivity index is -0.0000000760. The standard InChI is InChI=1S/C21H43OP.C12H26N.C3H8.C3H6.C2H6.2C2H4.CH5P.K/c1-4-6-7-8-9-10-11-12-13-14-15-16-17-19-22-21(23)20(3)18-5-2;1-3-4-5-6-7-8-9-10-11-12(2)13;2*1-3-2;4*1-2;/h21H,3-19,23H2,1-2H3;3-11,13H2,1-2H3;3H2,1-2H3;3H,1H2,2H3;1-2H3;2*1-2H2;2H2,1H3;/q;-1;;;;;;;+1. The molecule has 2 nitrogen and oxygen atoms in total. The summed E-state index contributed by atoms with van der Waals surface area (Å²) in [5, 5.41) is 0. The first-order valence-corrected chi connectivity index (χ1v) is 22.9. The number of ether oxygens (including phenoxy) is 1. The minimum Gasteiger partial charge on any atom is -0.481 e. The maximum atomic E-state index is 5.82. The quantitative estimate of drug-likeness (QED) is 0.0296. The zero-order valence-electron chi connectivity index (χ0n) is 37.9. The van der Waals surface area contributed by atoms with E-state index in [0.29, 0.717) is 0 Å². The number of allylic oxidation sites excluding steroid dienone is 1. The van der Waals surface area contributed by atoms with Crippen LogP contribution in [-0.2, 0) is 4.74 Å². The molecular weight excluding hydrogens is 684 g/mol. The van der Waals surface area contributed by atoms with E-state index < -0.39 is 0 Å². The third kappa shape index (κ3) is 106. The van der Waals surface area contributed by atoms with Crippen LogP contribution in [0.3, 0.4) is 0 Å². The number of unbranched alkanes of at least 4 members (excludes halogenated alkanes) is 19. The first kappa shape index (κ1) is 73.5. The van der Waals surface area contributed by atoms with Gasteiger partial charge in [-0.05, 0) is 25.3 Å². The van der Waals surface area contributed by atoms with Crippen molar-refractivity contribution in [2.45, 2.75) is 229 Å². The van der Waals surface area contributed by atoms with Crippen LogP contribution in [0.1, 0.15) is 223 Å². The van der Waals surface area contributed by atoms with Crippen molar-refractivity contribution < 1.29 is 56.1 Å². The summed E-state index contributed by atoms with van der Waals surface area (Å²) in [6.07, 6.45) is 35.6. The van der Waals surface area contributed by atoms with Gasteiger partial charge in [-0.3, -0.25) is 6.04 Å². The molecule has 3 unspecified atom stereocenters. The number of hydrogen-bond donors (Lipinski definition) is 1. The van der Waals surface area contributed by atoms with Gasteiger partial charge in [0.1, 0.15) is 0 Å². The molecular formula is C46H102KNOP2. The molecule has 0 aromatic carbocycles. The second-order valence-electron chi connectivity index (χ2n) is 12.1. The zero-order chi connectivity index (χ0) is 40.5. The van der Waals surface area contributed by atoms with Crippen LogP contribution in [0.5, 0.6) is 0 Å². The summed E-state index contributed by atoms with van der Waals surface area (Å²) in [4.78, 5) is 0. The third-order valence-electron chi connectivity index (χ3n) is 6.94. The molecule has 0 fully saturated rings. The molecule has 0 aliphatic heterocycles. The minimum absolute atomic E-state index is 0. The van der Waals surface area contributed by atoms with Gasteiger partial charge in [-0.15, -0.1) is 51.4 Å². The molecule has 0 aromatic rings. The van der Waals surface area contributed by atoms with E-state index in [-0.39, 0.29) is 57.2 Å². The molecule has 0 spiro atoms. The van der Waals surface area contributed by atoms with E-state index in [1.54, 1.807) is 6.08 Å². The molecule has 0 aliphatic carbocycles. The smallest absolute Gasteiger partial charge is 0.481 e. The van der Waals surface area contributed by atoms with E-state index in [9.17, 15) is 0 Å². The molecule has 0 heterocycles. The molecule has 0 aromatic heterocycles. The Morgan fingerprint density at radius 3 is 1.14 bits per heavy atom. The average molecular weight is 786 g/mol. The summed E-state index contributed by atoms with van der Waals surface area (Å²) in [6, 6.07) is 1.09. The molecule has 0 rings (SSSR count). The molecule has 0 saturated heterocycles. The molecule has 308 valence electrons. The van der Waals surface area contributed by atoms with Crippen molar-refractivity contribution in [3.05, 3.63) is 57.2 Å². The van der Waals surface area contributed by atoms with Crippen LogP contribution in [0, 0.1) is 6.04 Å². The van der Waals surface area contributed by atoms with Crippen molar-refractivity contribution in [2.24, 2.45) is 5.73 Å². The first-order chi connectivity index (χ1) is 24.3. The van der Waals surface area contributed by atoms with Gasteiger partial charge in [-0.25, -0.2) is 0 Å². The molecule has 5 heteroatoms. The molecule has 0 amide bonds. The van der Waals surface area contributed by atoms with Crippen molar-refractivity contribution in [2.75, 3.05) is 13.3 Å². The first-order valence-electron chi connectivity index (χ1n) is 21.1. The van der Waals surface area contributed by atoms with Crippen molar-refractivity contribution in [3.8, 4) is 0 Å². The Labute approximate surface area is 375 Å². The van der Waals surface area contributed by atoms with E-state index in [1.807, 2.05) is 34.4 Å². The van der Waals surface area contributed by atoms with Crippen LogP contribution in [-0.4, -0.2) is 19.1 Å². The van der Waals surface area contributed by atoms with Crippen LogP contribution in [0.4, 0.5) is 0 Å². The molecule has 3 atom stereocenters. The predicted octanol–water partition coefficient (Wildman–Crippen LogP) is 14.4. The van der Waals surface area contributed by atoms with Gasteiger partial charge in [0.25, 0.3) is 0 Å². The summed E-state index contributed by atoms with van der Waals surface area (Å²) >= 11 is 0. The van der Waals surface area contributed by atoms with E-state index in [0.717, 1.165) is 31.9 Å². The summed E-state index contributed by atoms with van der Waals surface area (Å²) in [5.74, 6) is 0.160. The Bertz CT molecular complexity index is 504. The maximum Gasteiger partial charge on any atom is 1.00 e. The van der Waals surface area contributed by atoms with Crippen LogP contribution in [0.15, 0.2) is 51.1 Å². The van der Waals surface area contributed by atoms with Gasteiger partial charge < -0.3 is 10.5 Å². The molecule has 0 saturated carbocycles. The van der Waals surface area contributed by atoms with Crippen LogP contribution in [0.2, 0.25) is 0 Å². The minimum atomic E-state index is 0. The second kappa shape index (κ2) is 88.5. The number of rotatable bonds is 27. The van der Waals surface area contributed by atoms with Crippen molar-refractivity contribution in [3.63, 3.8) is 0 Å². The normalized spacial score (nSPS) is 9.45. The average Bonchev–Trinajstić information content (AvgIpc) is 3.14. The third-order valence-corrected chi connectivity index (χ3v) is 7.61. The van der Waals surface area contributed by atoms with E-state index in [4.69, 9.17) is 10.5 Å². The van der Waals surface area contributed by atoms with Gasteiger partial charge in [0.05, 0.1) is 5.85 Å². The summed E-state index contributed by atoms with van der Waals surface area (Å²) in [5.41, 5.74) is 6.80.